The molecule has 3 atom stereocenters. The van der Waals surface area contributed by atoms with Crippen LogP contribution in [0.3, 0.4) is 0 Å². The van der Waals surface area contributed by atoms with Crippen LogP contribution < -0.4 is 45.0 Å². The summed E-state index contributed by atoms with van der Waals surface area (Å²) in [5, 5.41) is 12.8. The Morgan fingerprint density at radius 2 is 1.53 bits per heavy atom. The molecule has 12 nitrogen and oxygen atoms in total. The molecule has 2 rings (SSSR count). The molecule has 0 spiro atoms. The average Bonchev–Trinajstić information content (AvgIpc) is 2.12. The molecule has 114 valence electrons. The molecule has 19 heavy (non-hydrogen) atoms. The van der Waals surface area contributed by atoms with Crippen molar-refractivity contribution in [1.29, 1.82) is 0 Å². The Balaban J connectivity index is 0.000000324. The van der Waals surface area contributed by atoms with Crippen molar-refractivity contribution in [2.75, 3.05) is 0 Å². The van der Waals surface area contributed by atoms with E-state index in [0.29, 0.717) is 0 Å². The van der Waals surface area contributed by atoms with Gasteiger partial charge in [-0.1, -0.05) is 0 Å². The van der Waals surface area contributed by atoms with Crippen molar-refractivity contribution >= 4 is 11.9 Å². The number of hydrogen-bond acceptors (Lipinski definition) is 10. The summed E-state index contributed by atoms with van der Waals surface area (Å²) in [5.41, 5.74) is 31.6. The second-order valence-corrected chi connectivity index (χ2v) is 3.35. The molecule has 0 aromatic carbocycles. The van der Waals surface area contributed by atoms with Crippen LogP contribution in [0.25, 0.3) is 10.6 Å². The molecule has 0 aromatic heterocycles. The summed E-state index contributed by atoms with van der Waals surface area (Å²) < 4.78 is 0. The first kappa shape index (κ1) is 18.2. The number of aliphatic imine (C=N–C) groups is 2. The molecule has 0 amide bonds. The monoisotopic (exact) mass is 365 g/mol. The summed E-state index contributed by atoms with van der Waals surface area (Å²) in [6, 6.07) is 0. The minimum absolute atomic E-state index is 0. The normalized spacial score (nSPS) is 33.7. The molecule has 13 heteroatoms. The van der Waals surface area contributed by atoms with Gasteiger partial charge < -0.3 is 50.0 Å². The Kier molecular flexibility index (Phi) is 8.03. The number of rotatable bonds is 0. The molecular formula is C6H18AgN12-. The maximum Gasteiger partial charge on any atom is 1.00 e. The fourth-order valence-corrected chi connectivity index (χ4v) is 1.15. The second kappa shape index (κ2) is 8.39. The number of nitrogens with one attached hydrogen (secondary N) is 2. The van der Waals surface area contributed by atoms with E-state index in [0.717, 1.165) is 0 Å². The van der Waals surface area contributed by atoms with Crippen LogP contribution in [0.4, 0.5) is 0 Å². The van der Waals surface area contributed by atoms with Crippen LogP contribution in [0.15, 0.2) is 9.98 Å². The Morgan fingerprint density at radius 1 is 1.00 bits per heavy atom. The van der Waals surface area contributed by atoms with Crippen LogP contribution in [0.5, 0.6) is 0 Å². The fourth-order valence-electron chi connectivity index (χ4n) is 1.15. The predicted molar refractivity (Wildman–Crippen MR) is 68.1 cm³/mol. The number of hydrogen-bond donors (Lipinski definition) is 8. The van der Waals surface area contributed by atoms with Crippen LogP contribution in [0, 0.1) is 0 Å². The maximum absolute atomic E-state index is 5.37. The van der Waals surface area contributed by atoms with Gasteiger partial charge in [-0.2, -0.15) is 0 Å². The van der Waals surface area contributed by atoms with Gasteiger partial charge in [0.1, 0.15) is 18.5 Å². The van der Waals surface area contributed by atoms with Gasteiger partial charge in [-0.15, -0.1) is 0 Å². The molecule has 0 aliphatic carbocycles. The van der Waals surface area contributed by atoms with Gasteiger partial charge in [0.25, 0.3) is 0 Å². The molecule has 1 fully saturated rings. The van der Waals surface area contributed by atoms with E-state index in [2.05, 4.69) is 31.3 Å². The van der Waals surface area contributed by atoms with Crippen LogP contribution >= 0.6 is 0 Å². The summed E-state index contributed by atoms with van der Waals surface area (Å²) in [5.74, 6) is 0.157. The zero-order chi connectivity index (χ0) is 13.7. The van der Waals surface area contributed by atoms with E-state index in [9.17, 15) is 0 Å². The second-order valence-electron chi connectivity index (χ2n) is 3.35. The Hall–Kier alpha value is -0.800. The third-order valence-electron chi connectivity index (χ3n) is 1.78. The quantitative estimate of drug-likeness (QED) is 0.194. The van der Waals surface area contributed by atoms with E-state index in [1.54, 1.807) is 0 Å². The predicted octanol–water partition coefficient (Wildman–Crippen LogP) is -4.48. The van der Waals surface area contributed by atoms with E-state index in [1.807, 2.05) is 0 Å². The van der Waals surface area contributed by atoms with Crippen molar-refractivity contribution in [1.82, 2.24) is 10.6 Å². The molecular weight excluding hydrogens is 348 g/mol. The van der Waals surface area contributed by atoms with E-state index in [4.69, 9.17) is 34.4 Å². The third kappa shape index (κ3) is 7.38. The van der Waals surface area contributed by atoms with Crippen molar-refractivity contribution in [2.24, 2.45) is 44.4 Å². The van der Waals surface area contributed by atoms with E-state index < -0.39 is 18.9 Å². The topological polar surface area (TPSA) is 233 Å². The minimum atomic E-state index is -0.678. The van der Waals surface area contributed by atoms with Gasteiger partial charge in [-0.05, 0) is 12.6 Å². The summed E-state index contributed by atoms with van der Waals surface area (Å²) >= 11 is 0. The fraction of sp³-hybridized carbons (Fsp3) is 0.667. The summed E-state index contributed by atoms with van der Waals surface area (Å²) in [7, 11) is 0. The summed E-state index contributed by atoms with van der Waals surface area (Å²) in [6.45, 7) is 0. The van der Waals surface area contributed by atoms with Crippen molar-refractivity contribution in [2.45, 2.75) is 25.2 Å². The van der Waals surface area contributed by atoms with Crippen molar-refractivity contribution in [3.8, 4) is 0 Å². The first-order valence-corrected chi connectivity index (χ1v) is 4.99. The summed E-state index contributed by atoms with van der Waals surface area (Å²) in [4.78, 5) is 7.08. The Labute approximate surface area is 125 Å². The maximum atomic E-state index is 5.37. The average molecular weight is 366 g/mol. The van der Waals surface area contributed by atoms with Crippen molar-refractivity contribution < 1.29 is 22.4 Å². The molecule has 2 aliphatic rings. The Morgan fingerprint density at radius 3 is 1.89 bits per heavy atom. The van der Waals surface area contributed by atoms with Gasteiger partial charge >= 0.3 is 22.4 Å². The molecule has 0 aromatic rings. The smallest absolute Gasteiger partial charge is 0.607 e. The van der Waals surface area contributed by atoms with E-state index in [1.165, 1.54) is 0 Å². The molecule has 1 saturated heterocycles. The van der Waals surface area contributed by atoms with Crippen molar-refractivity contribution in [3.63, 3.8) is 0 Å². The van der Waals surface area contributed by atoms with Gasteiger partial charge in [0.2, 0.25) is 0 Å². The third-order valence-corrected chi connectivity index (χ3v) is 1.78. The van der Waals surface area contributed by atoms with Crippen LogP contribution in [0.1, 0.15) is 0 Å². The number of guanidine groups is 2. The van der Waals surface area contributed by atoms with Gasteiger partial charge in [0.15, 0.2) is 0 Å². The minimum Gasteiger partial charge on any atom is -0.607 e. The molecule has 2 aliphatic heterocycles. The van der Waals surface area contributed by atoms with Gasteiger partial charge in [-0.25, -0.2) is 4.99 Å². The largest absolute Gasteiger partial charge is 1.00 e. The van der Waals surface area contributed by atoms with E-state index >= 15 is 0 Å². The molecule has 0 radical (unpaired) electrons. The number of nitrogens with zero attached hydrogens (tertiary/aromatic N) is 4. The SMILES string of the molecule is NC1=NC(N)[N-]C(N)=N1.NC1[N-]C(N)NC(N)N1.[Ag+]. The van der Waals surface area contributed by atoms with Crippen molar-refractivity contribution in [3.05, 3.63) is 10.6 Å². The Bertz CT molecular complexity index is 305. The summed E-state index contributed by atoms with van der Waals surface area (Å²) in [6.07, 6.45) is -1.93. The molecule has 0 bridgehead atoms. The number of nitrogens with two attached hydrogens (primary N) is 6. The van der Waals surface area contributed by atoms with Crippen LogP contribution in [0.2, 0.25) is 0 Å². The first-order valence-electron chi connectivity index (χ1n) is 4.99. The molecule has 2 heterocycles. The molecule has 3 unspecified atom stereocenters. The molecule has 14 N–H and O–H groups in total. The first-order chi connectivity index (χ1) is 8.36. The van der Waals surface area contributed by atoms with Crippen LogP contribution in [-0.4, -0.2) is 37.1 Å². The zero-order valence-electron chi connectivity index (χ0n) is 9.86. The van der Waals surface area contributed by atoms with Crippen LogP contribution in [-0.2, 0) is 22.4 Å². The van der Waals surface area contributed by atoms with Gasteiger partial charge in [0.05, 0.1) is 0 Å². The van der Waals surface area contributed by atoms with Gasteiger partial charge in [0, 0.05) is 5.96 Å². The standard InChI is InChI=1S/C3H11N6.C3H7N6.Ag/c2*4-1-7-2(5)9-3(6)8-1;/h1-3,7-8H,4-6H2;1H,4H2,(H4-,5,6,7,8,9);/q2*-1;+1. The van der Waals surface area contributed by atoms with Gasteiger partial charge in [-0.3, -0.25) is 10.6 Å². The zero-order valence-corrected chi connectivity index (χ0v) is 11.3. The molecule has 0 saturated carbocycles. The van der Waals surface area contributed by atoms with E-state index in [-0.39, 0.29) is 40.6 Å².